The predicted octanol–water partition coefficient (Wildman–Crippen LogP) is 4.43. The van der Waals surface area contributed by atoms with Gasteiger partial charge in [-0.3, -0.25) is 0 Å². The molecule has 0 radical (unpaired) electrons. The van der Waals surface area contributed by atoms with Crippen LogP contribution in [0.3, 0.4) is 0 Å². The van der Waals surface area contributed by atoms with Gasteiger partial charge in [-0.1, -0.05) is 55.5 Å². The highest BCUT2D eigenvalue weighted by Crippen LogP contribution is 2.31. The molecule has 0 bridgehead atoms. The first kappa shape index (κ1) is 18.5. The van der Waals surface area contributed by atoms with E-state index in [-0.39, 0.29) is 0 Å². The lowest BCUT2D eigenvalue weighted by Crippen LogP contribution is -1.98. The fraction of sp³-hybridized carbons (Fsp3) is 0.136. The molecule has 5 rings (SSSR count). The number of H-pyrrole nitrogens is 1. The number of tetrazole rings is 1. The average molecular weight is 414 g/mol. The summed E-state index contributed by atoms with van der Waals surface area (Å²) in [6.07, 6.45) is 2.70. The summed E-state index contributed by atoms with van der Waals surface area (Å²) >= 11 is 1.77. The highest BCUT2D eigenvalue weighted by molar-refractivity contribution is 7.98. The van der Waals surface area contributed by atoms with Crippen LogP contribution in [0.2, 0.25) is 0 Å². The molecule has 148 valence electrons. The van der Waals surface area contributed by atoms with Crippen LogP contribution in [0, 0.1) is 0 Å². The van der Waals surface area contributed by atoms with Gasteiger partial charge in [0, 0.05) is 23.1 Å². The van der Waals surface area contributed by atoms with E-state index in [4.69, 9.17) is 0 Å². The number of aromatic amines is 1. The topological polar surface area (TPSA) is 84.7 Å². The van der Waals surface area contributed by atoms with Crippen LogP contribution in [0.1, 0.15) is 18.2 Å². The Hall–Kier alpha value is -3.52. The van der Waals surface area contributed by atoms with Gasteiger partial charge in [-0.05, 0) is 39.6 Å². The van der Waals surface area contributed by atoms with Gasteiger partial charge >= 0.3 is 0 Å². The minimum absolute atomic E-state index is 0.665. The minimum Gasteiger partial charge on any atom is -0.239 e. The number of hydrogen-bond acceptors (Lipinski definition) is 6. The number of aromatic nitrogens is 7. The van der Waals surface area contributed by atoms with Gasteiger partial charge in [-0.25, -0.2) is 14.6 Å². The smallest absolute Gasteiger partial charge is 0.180 e. The van der Waals surface area contributed by atoms with Gasteiger partial charge in [0.1, 0.15) is 5.03 Å². The monoisotopic (exact) mass is 413 g/mol. The fourth-order valence-corrected chi connectivity index (χ4v) is 4.36. The molecule has 7 nitrogen and oxygen atoms in total. The van der Waals surface area contributed by atoms with Crippen LogP contribution in [0.4, 0.5) is 0 Å². The normalized spacial score (nSPS) is 11.2. The molecule has 0 saturated heterocycles. The Morgan fingerprint density at radius 2 is 1.83 bits per heavy atom. The van der Waals surface area contributed by atoms with E-state index in [2.05, 4.69) is 74.0 Å². The largest absolute Gasteiger partial charge is 0.239 e. The molecular weight excluding hydrogens is 394 g/mol. The van der Waals surface area contributed by atoms with E-state index in [0.29, 0.717) is 5.82 Å². The van der Waals surface area contributed by atoms with Gasteiger partial charge in [-0.15, -0.1) is 16.9 Å². The predicted molar refractivity (Wildman–Crippen MR) is 117 cm³/mol. The number of rotatable bonds is 6. The Bertz CT molecular complexity index is 1280. The molecule has 0 aliphatic heterocycles. The molecule has 3 heterocycles. The molecule has 0 amide bonds. The molecule has 0 fully saturated rings. The molecule has 0 aliphatic carbocycles. The van der Waals surface area contributed by atoms with Crippen molar-refractivity contribution in [2.24, 2.45) is 0 Å². The van der Waals surface area contributed by atoms with Crippen molar-refractivity contribution in [2.45, 2.75) is 24.1 Å². The lowest BCUT2D eigenvalue weighted by Gasteiger charge is -2.09. The molecule has 0 aliphatic rings. The number of nitrogens with zero attached hydrogens (tertiary/aromatic N) is 6. The summed E-state index contributed by atoms with van der Waals surface area (Å²) in [5.74, 6) is 1.52. The summed E-state index contributed by atoms with van der Waals surface area (Å²) in [6, 6.07) is 20.8. The summed E-state index contributed by atoms with van der Waals surface area (Å²) in [4.78, 5) is 4.61. The van der Waals surface area contributed by atoms with Crippen LogP contribution in [0.15, 0.2) is 71.9 Å². The molecule has 1 N–H and O–H groups in total. The lowest BCUT2D eigenvalue weighted by atomic mass is 9.98. The van der Waals surface area contributed by atoms with E-state index in [1.165, 1.54) is 5.56 Å². The SMILES string of the molecule is CCc1cc(SCc2ccc(-c3ccccc3-c3nnn[nH]3)cc2)n2nccc2n1. The van der Waals surface area contributed by atoms with Crippen molar-refractivity contribution in [1.29, 1.82) is 0 Å². The van der Waals surface area contributed by atoms with Crippen molar-refractivity contribution in [3.63, 3.8) is 0 Å². The van der Waals surface area contributed by atoms with E-state index in [1.807, 2.05) is 28.8 Å². The van der Waals surface area contributed by atoms with Gasteiger partial charge in [-0.2, -0.15) is 5.10 Å². The highest BCUT2D eigenvalue weighted by atomic mass is 32.2. The molecule has 8 heteroatoms. The van der Waals surface area contributed by atoms with Gasteiger partial charge < -0.3 is 0 Å². The Morgan fingerprint density at radius 1 is 1.00 bits per heavy atom. The summed E-state index contributed by atoms with van der Waals surface area (Å²) < 4.78 is 1.90. The van der Waals surface area contributed by atoms with E-state index in [1.54, 1.807) is 18.0 Å². The summed E-state index contributed by atoms with van der Waals surface area (Å²) in [7, 11) is 0. The molecule has 0 spiro atoms. The molecule has 2 aromatic carbocycles. The van der Waals surface area contributed by atoms with Gasteiger partial charge in [0.15, 0.2) is 11.5 Å². The number of aryl methyl sites for hydroxylation is 1. The molecule has 0 atom stereocenters. The second-order valence-electron chi connectivity index (χ2n) is 6.82. The van der Waals surface area contributed by atoms with Crippen molar-refractivity contribution in [3.05, 3.63) is 78.1 Å². The zero-order chi connectivity index (χ0) is 20.3. The highest BCUT2D eigenvalue weighted by Gasteiger charge is 2.10. The Morgan fingerprint density at radius 3 is 2.60 bits per heavy atom. The molecule has 3 aromatic heterocycles. The molecular formula is C22H19N7S. The Kier molecular flexibility index (Phi) is 4.98. The van der Waals surface area contributed by atoms with Gasteiger partial charge in [0.25, 0.3) is 0 Å². The second-order valence-corrected chi connectivity index (χ2v) is 7.82. The zero-order valence-electron chi connectivity index (χ0n) is 16.4. The van der Waals surface area contributed by atoms with Crippen molar-refractivity contribution >= 4 is 17.4 Å². The maximum atomic E-state index is 4.61. The molecule has 5 aromatic rings. The van der Waals surface area contributed by atoms with E-state index in [9.17, 15) is 0 Å². The van der Waals surface area contributed by atoms with Crippen molar-refractivity contribution in [2.75, 3.05) is 0 Å². The third kappa shape index (κ3) is 3.57. The van der Waals surface area contributed by atoms with Crippen LogP contribution < -0.4 is 0 Å². The summed E-state index contributed by atoms with van der Waals surface area (Å²) in [5.41, 5.74) is 6.43. The van der Waals surface area contributed by atoms with E-state index in [0.717, 1.165) is 45.2 Å². The van der Waals surface area contributed by atoms with Crippen LogP contribution in [-0.2, 0) is 12.2 Å². The molecule has 0 saturated carbocycles. The standard InChI is InChI=1S/C22H19N7S/c1-2-17-13-21(29-20(24-17)11-12-23-29)30-14-15-7-9-16(10-8-15)18-5-3-4-6-19(18)22-25-27-28-26-22/h3-13H,2,14H2,1H3,(H,25,26,27,28). The second kappa shape index (κ2) is 8.08. The Balaban J connectivity index is 1.38. The van der Waals surface area contributed by atoms with Crippen LogP contribution >= 0.6 is 11.8 Å². The zero-order valence-corrected chi connectivity index (χ0v) is 17.2. The van der Waals surface area contributed by atoms with Gasteiger partial charge in [0.2, 0.25) is 0 Å². The maximum Gasteiger partial charge on any atom is 0.180 e. The Labute approximate surface area is 177 Å². The third-order valence-corrected chi connectivity index (χ3v) is 5.99. The minimum atomic E-state index is 0.665. The lowest BCUT2D eigenvalue weighted by molar-refractivity contribution is 0.824. The van der Waals surface area contributed by atoms with Crippen LogP contribution in [0.25, 0.3) is 28.2 Å². The first-order valence-electron chi connectivity index (χ1n) is 9.70. The molecule has 0 unspecified atom stereocenters. The number of nitrogens with one attached hydrogen (secondary N) is 1. The van der Waals surface area contributed by atoms with Crippen molar-refractivity contribution < 1.29 is 0 Å². The van der Waals surface area contributed by atoms with E-state index >= 15 is 0 Å². The number of thioether (sulfide) groups is 1. The van der Waals surface area contributed by atoms with Crippen LogP contribution in [-0.4, -0.2) is 35.2 Å². The van der Waals surface area contributed by atoms with Crippen molar-refractivity contribution in [1.82, 2.24) is 35.2 Å². The summed E-state index contributed by atoms with van der Waals surface area (Å²) in [6.45, 7) is 2.12. The quantitative estimate of drug-likeness (QED) is 0.327. The first-order chi connectivity index (χ1) is 14.8. The summed E-state index contributed by atoms with van der Waals surface area (Å²) in [5, 5.41) is 19.8. The number of hydrogen-bond donors (Lipinski definition) is 1. The van der Waals surface area contributed by atoms with E-state index < -0.39 is 0 Å². The maximum absolute atomic E-state index is 4.61. The number of benzene rings is 2. The third-order valence-electron chi connectivity index (χ3n) is 4.92. The first-order valence-corrected chi connectivity index (χ1v) is 10.7. The van der Waals surface area contributed by atoms with Crippen LogP contribution in [0.5, 0.6) is 0 Å². The van der Waals surface area contributed by atoms with Gasteiger partial charge in [0.05, 0.1) is 6.20 Å². The fourth-order valence-electron chi connectivity index (χ4n) is 3.37. The molecule has 30 heavy (non-hydrogen) atoms. The van der Waals surface area contributed by atoms with Crippen molar-refractivity contribution in [3.8, 4) is 22.5 Å². The average Bonchev–Trinajstić information content (AvgIpc) is 3.50. The number of fused-ring (bicyclic) bond motifs is 1.